The third-order valence-electron chi connectivity index (χ3n) is 6.24. The average molecular weight is 466 g/mol. The number of anilines is 1. The first kappa shape index (κ1) is 22.6. The zero-order chi connectivity index (χ0) is 24.7. The fourth-order valence-corrected chi connectivity index (χ4v) is 4.65. The molecule has 1 aliphatic rings. The molecule has 0 atom stereocenters. The van der Waals surface area contributed by atoms with Crippen LogP contribution in [-0.4, -0.2) is 32.8 Å². The Morgan fingerprint density at radius 3 is 2.63 bits per heavy atom. The van der Waals surface area contributed by atoms with Gasteiger partial charge < -0.3 is 9.30 Å². The third-order valence-corrected chi connectivity index (χ3v) is 6.24. The lowest BCUT2D eigenvalue weighted by atomic mass is 9.96. The quantitative estimate of drug-likeness (QED) is 0.370. The van der Waals surface area contributed by atoms with Crippen molar-refractivity contribution in [2.24, 2.45) is 7.05 Å². The summed E-state index contributed by atoms with van der Waals surface area (Å²) in [5.41, 5.74) is 5.25. The molecule has 0 unspecified atom stereocenters. The number of benzene rings is 1. The van der Waals surface area contributed by atoms with Crippen LogP contribution in [-0.2, 0) is 18.2 Å². The number of nitriles is 1. The van der Waals surface area contributed by atoms with Crippen molar-refractivity contribution in [3.63, 3.8) is 0 Å². The van der Waals surface area contributed by atoms with Crippen molar-refractivity contribution in [3.05, 3.63) is 66.1 Å². The molecular formula is C28H27N5O2. The number of carbonyl (C=O) groups excluding carboxylic acids is 1. The minimum atomic E-state index is -0.579. The van der Waals surface area contributed by atoms with E-state index < -0.39 is 11.7 Å². The van der Waals surface area contributed by atoms with Gasteiger partial charge in [-0.05, 0) is 57.4 Å². The second-order valence-corrected chi connectivity index (χ2v) is 9.81. The summed E-state index contributed by atoms with van der Waals surface area (Å²) in [5.74, 6) is 0.616. The van der Waals surface area contributed by atoms with Gasteiger partial charge >= 0.3 is 6.09 Å². The van der Waals surface area contributed by atoms with Crippen LogP contribution >= 0.6 is 0 Å². The third kappa shape index (κ3) is 4.12. The molecule has 3 aromatic heterocycles. The summed E-state index contributed by atoms with van der Waals surface area (Å²) in [4.78, 5) is 23.5. The first-order chi connectivity index (χ1) is 16.8. The van der Waals surface area contributed by atoms with E-state index in [4.69, 9.17) is 4.74 Å². The van der Waals surface area contributed by atoms with E-state index in [0.717, 1.165) is 51.7 Å². The van der Waals surface area contributed by atoms with Crippen molar-refractivity contribution in [3.8, 4) is 28.5 Å². The Morgan fingerprint density at radius 1 is 1.11 bits per heavy atom. The summed E-state index contributed by atoms with van der Waals surface area (Å²) in [5, 5.41) is 11.3. The average Bonchev–Trinajstić information content (AvgIpc) is 3.18. The predicted octanol–water partition coefficient (Wildman–Crippen LogP) is 5.86. The van der Waals surface area contributed by atoms with Gasteiger partial charge in [-0.3, -0.25) is 9.88 Å². The molecule has 1 amide bonds. The van der Waals surface area contributed by atoms with Gasteiger partial charge in [-0.1, -0.05) is 18.2 Å². The fourth-order valence-electron chi connectivity index (χ4n) is 4.65. The van der Waals surface area contributed by atoms with E-state index in [1.165, 1.54) is 0 Å². The molecule has 176 valence electrons. The van der Waals surface area contributed by atoms with Crippen LogP contribution in [0.3, 0.4) is 0 Å². The predicted molar refractivity (Wildman–Crippen MR) is 136 cm³/mol. The number of aryl methyl sites for hydroxylation is 2. The monoisotopic (exact) mass is 465 g/mol. The van der Waals surface area contributed by atoms with Crippen LogP contribution in [0.1, 0.15) is 38.3 Å². The second-order valence-electron chi connectivity index (χ2n) is 9.81. The van der Waals surface area contributed by atoms with Crippen molar-refractivity contribution in [1.82, 2.24) is 14.5 Å². The van der Waals surface area contributed by atoms with Crippen LogP contribution < -0.4 is 4.90 Å². The molecule has 7 nitrogen and oxygen atoms in total. The zero-order valence-corrected chi connectivity index (χ0v) is 20.4. The Hall–Kier alpha value is -4.18. The van der Waals surface area contributed by atoms with Gasteiger partial charge in [-0.15, -0.1) is 0 Å². The number of aromatic nitrogens is 3. The highest BCUT2D eigenvalue weighted by Gasteiger charge is 2.29. The lowest BCUT2D eigenvalue weighted by Gasteiger charge is -2.31. The molecule has 1 aliphatic heterocycles. The summed E-state index contributed by atoms with van der Waals surface area (Å²) in [7, 11) is 2.00. The van der Waals surface area contributed by atoms with Crippen LogP contribution in [0, 0.1) is 11.3 Å². The number of amides is 1. The van der Waals surface area contributed by atoms with Gasteiger partial charge in [0.1, 0.15) is 17.5 Å². The van der Waals surface area contributed by atoms with Crippen molar-refractivity contribution >= 4 is 22.8 Å². The molecule has 0 bridgehead atoms. The van der Waals surface area contributed by atoms with E-state index in [2.05, 4.69) is 38.8 Å². The molecule has 0 fully saturated rings. The first-order valence-electron chi connectivity index (χ1n) is 11.7. The summed E-state index contributed by atoms with van der Waals surface area (Å²) in [6, 6.07) is 14.6. The molecule has 7 heteroatoms. The Balaban J connectivity index is 1.57. The van der Waals surface area contributed by atoms with Gasteiger partial charge in [-0.2, -0.15) is 5.26 Å². The van der Waals surface area contributed by atoms with Crippen LogP contribution in [0.5, 0.6) is 0 Å². The largest absolute Gasteiger partial charge is 0.443 e. The molecule has 0 saturated carbocycles. The maximum atomic E-state index is 12.7. The summed E-state index contributed by atoms with van der Waals surface area (Å²) in [6.45, 7) is 6.12. The van der Waals surface area contributed by atoms with E-state index in [1.807, 2.05) is 46.0 Å². The Bertz CT molecular complexity index is 1490. The van der Waals surface area contributed by atoms with Crippen LogP contribution in [0.25, 0.3) is 33.3 Å². The molecule has 0 saturated heterocycles. The molecular weight excluding hydrogens is 438 g/mol. The van der Waals surface area contributed by atoms with Gasteiger partial charge in [-0.25, -0.2) is 9.78 Å². The van der Waals surface area contributed by atoms with E-state index >= 15 is 0 Å². The van der Waals surface area contributed by atoms with Crippen LogP contribution in [0.15, 0.2) is 55.0 Å². The molecule has 0 N–H and O–H groups in total. The van der Waals surface area contributed by atoms with Crippen molar-refractivity contribution in [1.29, 1.82) is 5.26 Å². The lowest BCUT2D eigenvalue weighted by molar-refractivity contribution is 0.0576. The number of ether oxygens (including phenoxy) is 1. The Labute approximate surface area is 204 Å². The topological polar surface area (TPSA) is 84.0 Å². The van der Waals surface area contributed by atoms with Crippen molar-refractivity contribution in [2.45, 2.75) is 39.2 Å². The van der Waals surface area contributed by atoms with Gasteiger partial charge in [0.05, 0.1) is 11.3 Å². The van der Waals surface area contributed by atoms with Crippen LogP contribution in [0.4, 0.5) is 10.6 Å². The maximum Gasteiger partial charge on any atom is 0.416 e. The molecule has 5 rings (SSSR count). The van der Waals surface area contributed by atoms with E-state index in [1.54, 1.807) is 23.5 Å². The molecule has 35 heavy (non-hydrogen) atoms. The zero-order valence-electron chi connectivity index (χ0n) is 20.4. The van der Waals surface area contributed by atoms with Crippen molar-refractivity contribution < 1.29 is 9.53 Å². The summed E-state index contributed by atoms with van der Waals surface area (Å²) in [6.07, 6.45) is 6.39. The fraction of sp³-hybridized carbons (Fsp3) is 0.286. The summed E-state index contributed by atoms with van der Waals surface area (Å²) < 4.78 is 7.66. The molecule has 0 spiro atoms. The first-order valence-corrected chi connectivity index (χ1v) is 11.7. The number of pyridine rings is 2. The van der Waals surface area contributed by atoms with Crippen molar-refractivity contribution in [2.75, 3.05) is 11.4 Å². The highest BCUT2D eigenvalue weighted by molar-refractivity contribution is 5.91. The van der Waals surface area contributed by atoms with Gasteiger partial charge in [0, 0.05) is 59.8 Å². The highest BCUT2D eigenvalue weighted by atomic mass is 16.6. The van der Waals surface area contributed by atoms with Gasteiger partial charge in [0.2, 0.25) is 0 Å². The normalized spacial score (nSPS) is 13.4. The number of rotatable bonds is 2. The van der Waals surface area contributed by atoms with Gasteiger partial charge in [0.15, 0.2) is 0 Å². The number of nitrogens with zero attached hydrogens (tertiary/aromatic N) is 5. The lowest BCUT2D eigenvalue weighted by Crippen LogP contribution is -2.40. The number of carbonyl (C=O) groups is 1. The molecule has 0 aliphatic carbocycles. The minimum Gasteiger partial charge on any atom is -0.443 e. The standard InChI is InChI=1S/C28H27N5O2/c1-28(2,3)35-27(34)33-11-7-9-19-12-20(15-31-26(19)33)22-16-30-17-23(21(22)14-29)25-13-18-8-5-6-10-24(18)32(25)4/h5-6,8,10,12-13,15-17H,7,9,11H2,1-4H3. The van der Waals surface area contributed by atoms with E-state index in [9.17, 15) is 10.1 Å². The van der Waals surface area contributed by atoms with Gasteiger partial charge in [0.25, 0.3) is 0 Å². The van der Waals surface area contributed by atoms with E-state index in [0.29, 0.717) is 17.9 Å². The molecule has 0 radical (unpaired) electrons. The number of hydrogen-bond donors (Lipinski definition) is 0. The van der Waals surface area contributed by atoms with Crippen LogP contribution in [0.2, 0.25) is 0 Å². The molecule has 1 aromatic carbocycles. The number of hydrogen-bond acceptors (Lipinski definition) is 5. The maximum absolute atomic E-state index is 12.7. The highest BCUT2D eigenvalue weighted by Crippen LogP contribution is 2.36. The molecule has 4 heterocycles. The molecule has 4 aromatic rings. The second kappa shape index (κ2) is 8.55. The Morgan fingerprint density at radius 2 is 1.89 bits per heavy atom. The Kier molecular flexibility index (Phi) is 5.52. The number of fused-ring (bicyclic) bond motifs is 2. The smallest absolute Gasteiger partial charge is 0.416 e. The minimum absolute atomic E-state index is 0.393. The summed E-state index contributed by atoms with van der Waals surface area (Å²) >= 11 is 0. The van der Waals surface area contributed by atoms with E-state index in [-0.39, 0.29) is 0 Å². The SMILES string of the molecule is Cn1c(-c2cncc(-c3cnc4c(c3)CCCN4C(=O)OC(C)(C)C)c2C#N)cc2ccccc21. The number of para-hydroxylation sites is 1.